The largest absolute Gasteiger partial charge is 0.311 e. The number of nitrogens with zero attached hydrogens (tertiary/aromatic N) is 2. The smallest absolute Gasteiger partial charge is 0.0597 e. The number of rotatable bonds is 7. The van der Waals surface area contributed by atoms with Crippen LogP contribution in [0, 0.1) is 6.92 Å². The Morgan fingerprint density at radius 3 is 2.93 bits per heavy atom. The highest BCUT2D eigenvalue weighted by Crippen LogP contribution is 2.03. The normalized spacial score (nSPS) is 10.9. The maximum Gasteiger partial charge on any atom is 0.0597 e. The first-order valence-corrected chi connectivity index (χ1v) is 6.11. The van der Waals surface area contributed by atoms with E-state index in [1.54, 1.807) is 0 Å². The van der Waals surface area contributed by atoms with Crippen molar-refractivity contribution in [3.8, 4) is 0 Å². The van der Waals surface area contributed by atoms with Crippen LogP contribution in [0.3, 0.4) is 0 Å². The van der Waals surface area contributed by atoms with Crippen LogP contribution >= 0.6 is 11.6 Å². The third-order valence-corrected chi connectivity index (χ3v) is 2.60. The SMILES string of the molecule is CCn1nc(C)cc1CNCCCCCl. The number of alkyl halides is 1. The Balaban J connectivity index is 2.30. The molecule has 1 N–H and O–H groups in total. The molecular weight excluding hydrogens is 210 g/mol. The van der Waals surface area contributed by atoms with Gasteiger partial charge in [0.05, 0.1) is 11.4 Å². The molecule has 0 aliphatic rings. The van der Waals surface area contributed by atoms with E-state index >= 15 is 0 Å². The summed E-state index contributed by atoms with van der Waals surface area (Å²) in [4.78, 5) is 0. The van der Waals surface area contributed by atoms with Gasteiger partial charge in [-0.1, -0.05) is 0 Å². The molecule has 0 atom stereocenters. The number of halogens is 1. The lowest BCUT2D eigenvalue weighted by Crippen LogP contribution is -2.17. The standard InChI is InChI=1S/C11H20ClN3/c1-3-15-11(8-10(2)14-15)9-13-7-5-4-6-12/h8,13H,3-7,9H2,1-2H3. The minimum Gasteiger partial charge on any atom is -0.311 e. The van der Waals surface area contributed by atoms with Crippen molar-refractivity contribution in [1.29, 1.82) is 0 Å². The maximum absolute atomic E-state index is 5.61. The molecule has 0 aliphatic carbocycles. The maximum atomic E-state index is 5.61. The van der Waals surface area contributed by atoms with Crippen molar-refractivity contribution >= 4 is 11.6 Å². The average Bonchev–Trinajstić information content (AvgIpc) is 2.59. The summed E-state index contributed by atoms with van der Waals surface area (Å²) in [6.07, 6.45) is 2.23. The summed E-state index contributed by atoms with van der Waals surface area (Å²) < 4.78 is 2.05. The van der Waals surface area contributed by atoms with Gasteiger partial charge in [0.25, 0.3) is 0 Å². The Labute approximate surface area is 96.8 Å². The van der Waals surface area contributed by atoms with E-state index in [9.17, 15) is 0 Å². The molecule has 0 aromatic carbocycles. The van der Waals surface area contributed by atoms with Crippen molar-refractivity contribution in [3.05, 3.63) is 17.5 Å². The Kier molecular flexibility index (Phi) is 5.73. The highest BCUT2D eigenvalue weighted by molar-refractivity contribution is 6.17. The lowest BCUT2D eigenvalue weighted by atomic mass is 10.3. The van der Waals surface area contributed by atoms with Crippen LogP contribution in [0.4, 0.5) is 0 Å². The molecule has 0 spiro atoms. The van der Waals surface area contributed by atoms with Crippen LogP contribution in [0.15, 0.2) is 6.07 Å². The molecule has 0 unspecified atom stereocenters. The van der Waals surface area contributed by atoms with E-state index in [1.807, 2.05) is 11.6 Å². The lowest BCUT2D eigenvalue weighted by molar-refractivity contribution is 0.570. The van der Waals surface area contributed by atoms with Gasteiger partial charge in [0.2, 0.25) is 0 Å². The molecular formula is C11H20ClN3. The number of aryl methyl sites for hydroxylation is 2. The van der Waals surface area contributed by atoms with Gasteiger partial charge in [-0.05, 0) is 39.3 Å². The second-order valence-corrected chi connectivity index (χ2v) is 4.04. The van der Waals surface area contributed by atoms with Gasteiger partial charge in [0.1, 0.15) is 0 Å². The van der Waals surface area contributed by atoms with Gasteiger partial charge in [-0.15, -0.1) is 11.6 Å². The van der Waals surface area contributed by atoms with E-state index in [0.717, 1.165) is 44.0 Å². The Morgan fingerprint density at radius 2 is 2.27 bits per heavy atom. The molecule has 0 fully saturated rings. The van der Waals surface area contributed by atoms with E-state index in [-0.39, 0.29) is 0 Å². The molecule has 1 rings (SSSR count). The quantitative estimate of drug-likeness (QED) is 0.575. The highest BCUT2D eigenvalue weighted by Gasteiger charge is 2.02. The summed E-state index contributed by atoms with van der Waals surface area (Å²) in [6.45, 7) is 7.01. The number of nitrogens with one attached hydrogen (secondary N) is 1. The van der Waals surface area contributed by atoms with Gasteiger partial charge in [-0.3, -0.25) is 4.68 Å². The van der Waals surface area contributed by atoms with Crippen LogP contribution in [-0.2, 0) is 13.1 Å². The van der Waals surface area contributed by atoms with Crippen LogP contribution < -0.4 is 5.32 Å². The summed E-state index contributed by atoms with van der Waals surface area (Å²) in [5.41, 5.74) is 2.36. The molecule has 0 saturated heterocycles. The average molecular weight is 230 g/mol. The van der Waals surface area contributed by atoms with Crippen molar-refractivity contribution in [2.75, 3.05) is 12.4 Å². The van der Waals surface area contributed by atoms with Gasteiger partial charge < -0.3 is 5.32 Å². The van der Waals surface area contributed by atoms with Crippen molar-refractivity contribution in [2.24, 2.45) is 0 Å². The molecule has 15 heavy (non-hydrogen) atoms. The molecule has 0 amide bonds. The van der Waals surface area contributed by atoms with Gasteiger partial charge in [-0.25, -0.2) is 0 Å². The summed E-state index contributed by atoms with van der Waals surface area (Å²) in [5, 5.41) is 7.80. The molecule has 0 aliphatic heterocycles. The highest BCUT2D eigenvalue weighted by atomic mass is 35.5. The summed E-state index contributed by atoms with van der Waals surface area (Å²) in [7, 11) is 0. The van der Waals surface area contributed by atoms with Crippen molar-refractivity contribution < 1.29 is 0 Å². The topological polar surface area (TPSA) is 29.9 Å². The molecule has 0 saturated carbocycles. The number of hydrogen-bond donors (Lipinski definition) is 1. The van der Waals surface area contributed by atoms with Crippen LogP contribution in [0.2, 0.25) is 0 Å². The monoisotopic (exact) mass is 229 g/mol. The van der Waals surface area contributed by atoms with Gasteiger partial charge >= 0.3 is 0 Å². The van der Waals surface area contributed by atoms with Crippen LogP contribution in [0.1, 0.15) is 31.2 Å². The fourth-order valence-corrected chi connectivity index (χ4v) is 1.77. The Bertz CT molecular complexity index is 283. The Hall–Kier alpha value is -0.540. The molecule has 1 aromatic rings. The molecule has 86 valence electrons. The van der Waals surface area contributed by atoms with E-state index in [1.165, 1.54) is 5.69 Å². The predicted molar refractivity (Wildman–Crippen MR) is 64.3 cm³/mol. The van der Waals surface area contributed by atoms with Gasteiger partial charge in [0.15, 0.2) is 0 Å². The van der Waals surface area contributed by atoms with Crippen molar-refractivity contribution in [1.82, 2.24) is 15.1 Å². The first kappa shape index (κ1) is 12.5. The van der Waals surface area contributed by atoms with E-state index in [4.69, 9.17) is 11.6 Å². The minimum atomic E-state index is 0.758. The fourth-order valence-electron chi connectivity index (χ4n) is 1.58. The number of aromatic nitrogens is 2. The second kappa shape index (κ2) is 6.85. The minimum absolute atomic E-state index is 0.758. The first-order valence-electron chi connectivity index (χ1n) is 5.58. The molecule has 4 heteroatoms. The molecule has 1 heterocycles. The van der Waals surface area contributed by atoms with Crippen LogP contribution in [0.5, 0.6) is 0 Å². The van der Waals surface area contributed by atoms with Crippen LogP contribution in [-0.4, -0.2) is 22.2 Å². The fraction of sp³-hybridized carbons (Fsp3) is 0.727. The first-order chi connectivity index (χ1) is 7.27. The van der Waals surface area contributed by atoms with Gasteiger partial charge in [-0.2, -0.15) is 5.10 Å². The van der Waals surface area contributed by atoms with E-state index < -0.39 is 0 Å². The Morgan fingerprint density at radius 1 is 1.47 bits per heavy atom. The number of unbranched alkanes of at least 4 members (excludes halogenated alkanes) is 1. The van der Waals surface area contributed by atoms with Crippen LogP contribution in [0.25, 0.3) is 0 Å². The second-order valence-electron chi connectivity index (χ2n) is 3.67. The zero-order valence-corrected chi connectivity index (χ0v) is 10.3. The summed E-state index contributed by atoms with van der Waals surface area (Å²) in [5.74, 6) is 0.758. The third-order valence-electron chi connectivity index (χ3n) is 2.33. The van der Waals surface area contributed by atoms with E-state index in [2.05, 4.69) is 23.4 Å². The summed E-state index contributed by atoms with van der Waals surface area (Å²) in [6, 6.07) is 2.14. The summed E-state index contributed by atoms with van der Waals surface area (Å²) >= 11 is 5.61. The van der Waals surface area contributed by atoms with E-state index in [0.29, 0.717) is 0 Å². The lowest BCUT2D eigenvalue weighted by Gasteiger charge is -2.05. The molecule has 1 aromatic heterocycles. The molecule has 3 nitrogen and oxygen atoms in total. The zero-order valence-electron chi connectivity index (χ0n) is 9.59. The molecule has 0 radical (unpaired) electrons. The third kappa shape index (κ3) is 4.22. The van der Waals surface area contributed by atoms with Crippen molar-refractivity contribution in [3.63, 3.8) is 0 Å². The van der Waals surface area contributed by atoms with Gasteiger partial charge in [0, 0.05) is 19.0 Å². The number of hydrogen-bond acceptors (Lipinski definition) is 2. The molecule has 0 bridgehead atoms. The predicted octanol–water partition coefficient (Wildman–Crippen LogP) is 2.32. The zero-order chi connectivity index (χ0) is 11.1. The van der Waals surface area contributed by atoms with Crippen molar-refractivity contribution in [2.45, 2.75) is 39.8 Å².